The van der Waals surface area contributed by atoms with E-state index in [-0.39, 0.29) is 0 Å². The Morgan fingerprint density at radius 1 is 1.25 bits per heavy atom. The molecule has 0 bridgehead atoms. The first-order chi connectivity index (χ1) is 9.70. The van der Waals surface area contributed by atoms with Crippen molar-refractivity contribution in [2.45, 2.75) is 25.4 Å². The maximum atomic E-state index is 6.29. The lowest BCUT2D eigenvalue weighted by Crippen LogP contribution is -2.15. The van der Waals surface area contributed by atoms with Crippen LogP contribution in [-0.4, -0.2) is 11.0 Å². The zero-order valence-electron chi connectivity index (χ0n) is 10.8. The molecule has 1 heterocycles. The zero-order chi connectivity index (χ0) is 13.9. The van der Waals surface area contributed by atoms with Crippen molar-refractivity contribution in [1.82, 2.24) is 10.3 Å². The van der Waals surface area contributed by atoms with Gasteiger partial charge in [-0.1, -0.05) is 17.7 Å². The number of ether oxygens (including phenoxy) is 1. The van der Waals surface area contributed by atoms with Gasteiger partial charge in [0.2, 0.25) is 0 Å². The second-order valence-corrected chi connectivity index (χ2v) is 6.17. The van der Waals surface area contributed by atoms with E-state index < -0.39 is 0 Å². The van der Waals surface area contributed by atoms with Crippen LogP contribution in [0.5, 0.6) is 11.5 Å². The van der Waals surface area contributed by atoms with E-state index in [2.05, 4.69) is 26.2 Å². The van der Waals surface area contributed by atoms with Gasteiger partial charge in [0.15, 0.2) is 0 Å². The van der Waals surface area contributed by atoms with E-state index in [0.717, 1.165) is 21.6 Å². The van der Waals surface area contributed by atoms with E-state index in [9.17, 15) is 0 Å². The highest BCUT2D eigenvalue weighted by Gasteiger charge is 2.20. The molecule has 1 aromatic heterocycles. The van der Waals surface area contributed by atoms with E-state index in [4.69, 9.17) is 16.3 Å². The molecule has 104 valence electrons. The average Bonchev–Trinajstić information content (AvgIpc) is 3.22. The zero-order valence-corrected chi connectivity index (χ0v) is 13.1. The summed E-state index contributed by atoms with van der Waals surface area (Å²) < 4.78 is 6.62. The fourth-order valence-electron chi connectivity index (χ4n) is 1.86. The second kappa shape index (κ2) is 6.12. The summed E-state index contributed by atoms with van der Waals surface area (Å²) in [5.74, 6) is 1.39. The van der Waals surface area contributed by atoms with Crippen LogP contribution in [0, 0.1) is 0 Å². The second-order valence-electron chi connectivity index (χ2n) is 4.85. The van der Waals surface area contributed by atoms with Crippen molar-refractivity contribution >= 4 is 27.5 Å². The summed E-state index contributed by atoms with van der Waals surface area (Å²) in [5.41, 5.74) is 1.10. The molecule has 0 atom stereocenters. The van der Waals surface area contributed by atoms with Gasteiger partial charge in [0.05, 0.1) is 6.20 Å². The van der Waals surface area contributed by atoms with Crippen LogP contribution in [0.25, 0.3) is 0 Å². The number of hydrogen-bond donors (Lipinski definition) is 1. The molecule has 3 rings (SSSR count). The minimum Gasteiger partial charge on any atom is -0.456 e. The molecule has 0 saturated heterocycles. The Hall–Kier alpha value is -1.10. The van der Waals surface area contributed by atoms with Crippen LogP contribution in [0.15, 0.2) is 41.1 Å². The van der Waals surface area contributed by atoms with E-state index in [1.54, 1.807) is 12.4 Å². The van der Waals surface area contributed by atoms with Crippen molar-refractivity contribution in [3.05, 3.63) is 51.7 Å². The fraction of sp³-hybridized carbons (Fsp3) is 0.267. The van der Waals surface area contributed by atoms with Gasteiger partial charge in [-0.25, -0.2) is 0 Å². The first kappa shape index (κ1) is 13.9. The maximum Gasteiger partial charge on any atom is 0.146 e. The third-order valence-electron chi connectivity index (χ3n) is 3.10. The van der Waals surface area contributed by atoms with Crippen LogP contribution < -0.4 is 10.1 Å². The summed E-state index contributed by atoms with van der Waals surface area (Å²) in [5, 5.41) is 4.17. The molecule has 5 heteroatoms. The molecule has 1 aliphatic rings. The van der Waals surface area contributed by atoms with Gasteiger partial charge in [-0.05, 0) is 52.5 Å². The standard InChI is InChI=1S/C15H14BrClN2O/c16-11-5-14(9-18-8-11)20-13-4-1-10(15(17)6-13)7-19-12-2-3-12/h1,4-6,8-9,12,19H,2-3,7H2. The minimum atomic E-state index is 0.676. The molecule has 1 aromatic carbocycles. The SMILES string of the molecule is Clc1cc(Oc2cncc(Br)c2)ccc1CNC1CC1. The van der Waals surface area contributed by atoms with Crippen LogP contribution in [-0.2, 0) is 6.54 Å². The van der Waals surface area contributed by atoms with Crippen molar-refractivity contribution < 1.29 is 4.74 Å². The number of halogens is 2. The quantitative estimate of drug-likeness (QED) is 0.857. The van der Waals surface area contributed by atoms with E-state index in [1.165, 1.54) is 12.8 Å². The van der Waals surface area contributed by atoms with E-state index in [0.29, 0.717) is 17.5 Å². The predicted octanol–water partition coefficient (Wildman–Crippen LogP) is 4.54. The Labute approximate surface area is 131 Å². The lowest BCUT2D eigenvalue weighted by Gasteiger charge is -2.09. The van der Waals surface area contributed by atoms with Crippen molar-refractivity contribution in [2.75, 3.05) is 0 Å². The van der Waals surface area contributed by atoms with Crippen molar-refractivity contribution in [3.63, 3.8) is 0 Å². The number of benzene rings is 1. The average molecular weight is 354 g/mol. The monoisotopic (exact) mass is 352 g/mol. The first-order valence-corrected chi connectivity index (χ1v) is 7.68. The van der Waals surface area contributed by atoms with Crippen LogP contribution in [0.2, 0.25) is 5.02 Å². The van der Waals surface area contributed by atoms with Crippen LogP contribution in [0.1, 0.15) is 18.4 Å². The highest BCUT2D eigenvalue weighted by atomic mass is 79.9. The highest BCUT2D eigenvalue weighted by molar-refractivity contribution is 9.10. The summed E-state index contributed by atoms with van der Waals surface area (Å²) in [6, 6.07) is 8.31. The van der Waals surface area contributed by atoms with Crippen molar-refractivity contribution in [2.24, 2.45) is 0 Å². The van der Waals surface area contributed by atoms with Gasteiger partial charge >= 0.3 is 0 Å². The summed E-state index contributed by atoms with van der Waals surface area (Å²) >= 11 is 9.65. The molecular weight excluding hydrogens is 340 g/mol. The molecule has 1 N–H and O–H groups in total. The number of aromatic nitrogens is 1. The van der Waals surface area contributed by atoms with Crippen LogP contribution in [0.4, 0.5) is 0 Å². The molecular formula is C15H14BrClN2O. The lowest BCUT2D eigenvalue weighted by atomic mass is 10.2. The lowest BCUT2D eigenvalue weighted by molar-refractivity contribution is 0.479. The number of rotatable bonds is 5. The summed E-state index contributed by atoms with van der Waals surface area (Å²) in [6.45, 7) is 0.808. The number of nitrogens with one attached hydrogen (secondary N) is 1. The largest absolute Gasteiger partial charge is 0.456 e. The van der Waals surface area contributed by atoms with Gasteiger partial charge in [0.25, 0.3) is 0 Å². The third kappa shape index (κ3) is 3.72. The fourth-order valence-corrected chi connectivity index (χ4v) is 2.44. The van der Waals surface area contributed by atoms with E-state index in [1.807, 2.05) is 24.3 Å². The minimum absolute atomic E-state index is 0.676. The van der Waals surface area contributed by atoms with Crippen LogP contribution >= 0.6 is 27.5 Å². The van der Waals surface area contributed by atoms with Crippen molar-refractivity contribution in [1.29, 1.82) is 0 Å². The molecule has 0 radical (unpaired) electrons. The van der Waals surface area contributed by atoms with Gasteiger partial charge in [0.1, 0.15) is 11.5 Å². The molecule has 3 nitrogen and oxygen atoms in total. The predicted molar refractivity (Wildman–Crippen MR) is 83.3 cm³/mol. The Morgan fingerprint density at radius 2 is 2.10 bits per heavy atom. The van der Waals surface area contributed by atoms with Gasteiger partial charge in [-0.2, -0.15) is 0 Å². The van der Waals surface area contributed by atoms with Gasteiger partial charge < -0.3 is 10.1 Å². The molecule has 20 heavy (non-hydrogen) atoms. The first-order valence-electron chi connectivity index (χ1n) is 6.51. The molecule has 0 amide bonds. The third-order valence-corrected chi connectivity index (χ3v) is 3.88. The van der Waals surface area contributed by atoms with E-state index >= 15 is 0 Å². The van der Waals surface area contributed by atoms with Crippen molar-refractivity contribution in [3.8, 4) is 11.5 Å². The molecule has 0 spiro atoms. The number of nitrogens with zero attached hydrogens (tertiary/aromatic N) is 1. The normalized spacial score (nSPS) is 14.3. The molecule has 1 aliphatic carbocycles. The molecule has 0 unspecified atom stereocenters. The molecule has 2 aromatic rings. The Bertz CT molecular complexity index is 617. The molecule has 1 saturated carbocycles. The highest BCUT2D eigenvalue weighted by Crippen LogP contribution is 2.28. The summed E-state index contributed by atoms with van der Waals surface area (Å²) in [7, 11) is 0. The number of pyridine rings is 1. The Morgan fingerprint density at radius 3 is 2.80 bits per heavy atom. The smallest absolute Gasteiger partial charge is 0.146 e. The Balaban J connectivity index is 1.69. The van der Waals surface area contributed by atoms with Crippen LogP contribution in [0.3, 0.4) is 0 Å². The molecule has 1 fully saturated rings. The summed E-state index contributed by atoms with van der Waals surface area (Å²) in [4.78, 5) is 4.06. The van der Waals surface area contributed by atoms with Gasteiger partial charge in [0, 0.05) is 28.3 Å². The summed E-state index contributed by atoms with van der Waals surface area (Å²) in [6.07, 6.45) is 5.93. The van der Waals surface area contributed by atoms with Gasteiger partial charge in [-0.15, -0.1) is 0 Å². The number of hydrogen-bond acceptors (Lipinski definition) is 3. The maximum absolute atomic E-state index is 6.29. The topological polar surface area (TPSA) is 34.1 Å². The molecule has 0 aliphatic heterocycles. The van der Waals surface area contributed by atoms with Gasteiger partial charge in [-0.3, -0.25) is 4.98 Å². The Kier molecular flexibility index (Phi) is 4.24.